The fourth-order valence-corrected chi connectivity index (χ4v) is 2.48. The van der Waals surface area contributed by atoms with E-state index < -0.39 is 11.5 Å². The fourth-order valence-electron chi connectivity index (χ4n) is 2.48. The minimum Gasteiger partial charge on any atom is -0.467 e. The van der Waals surface area contributed by atoms with Gasteiger partial charge in [-0.15, -0.1) is 0 Å². The van der Waals surface area contributed by atoms with Crippen LogP contribution < -0.4 is 5.32 Å². The van der Waals surface area contributed by atoms with E-state index >= 15 is 0 Å². The first kappa shape index (κ1) is 11.5. The van der Waals surface area contributed by atoms with E-state index in [4.69, 9.17) is 4.74 Å². The van der Waals surface area contributed by atoms with Crippen molar-refractivity contribution in [3.8, 4) is 0 Å². The Bertz CT molecular complexity index is 648. The number of hydrogen-bond donors (Lipinski definition) is 1. The van der Waals surface area contributed by atoms with Crippen molar-refractivity contribution >= 4 is 12.0 Å². The van der Waals surface area contributed by atoms with Crippen molar-refractivity contribution in [1.29, 1.82) is 0 Å². The highest BCUT2D eigenvalue weighted by Crippen LogP contribution is 2.35. The Balaban J connectivity index is 2.27. The number of esters is 1. The Morgan fingerprint density at radius 2 is 1.95 bits per heavy atom. The van der Waals surface area contributed by atoms with E-state index in [1.54, 1.807) is 30.5 Å². The highest BCUT2D eigenvalue weighted by Gasteiger charge is 2.51. The molecule has 3 rings (SSSR count). The Morgan fingerprint density at radius 3 is 2.63 bits per heavy atom. The molecular formula is C14H12N2O3. The minimum absolute atomic E-state index is 0.339. The SMILES string of the molecule is COC(=O)C1(c2ccccc2)NC(=O)n2cccc21. The third-order valence-corrected chi connectivity index (χ3v) is 3.34. The van der Waals surface area contributed by atoms with E-state index in [0.29, 0.717) is 11.3 Å². The van der Waals surface area contributed by atoms with E-state index in [2.05, 4.69) is 5.32 Å². The number of rotatable bonds is 2. The number of nitrogens with one attached hydrogen (secondary N) is 1. The van der Waals surface area contributed by atoms with Crippen LogP contribution in [0.25, 0.3) is 0 Å². The average Bonchev–Trinajstić information content (AvgIpc) is 3.03. The van der Waals surface area contributed by atoms with Gasteiger partial charge in [0.05, 0.1) is 12.8 Å². The van der Waals surface area contributed by atoms with Crippen LogP contribution in [0.2, 0.25) is 0 Å². The number of ether oxygens (including phenoxy) is 1. The lowest BCUT2D eigenvalue weighted by atomic mass is 9.87. The second kappa shape index (κ2) is 3.98. The van der Waals surface area contributed by atoms with Crippen molar-refractivity contribution in [3.63, 3.8) is 0 Å². The van der Waals surface area contributed by atoms with Crippen LogP contribution in [-0.2, 0) is 15.1 Å². The Kier molecular flexibility index (Phi) is 2.41. The second-order valence-corrected chi connectivity index (χ2v) is 4.30. The fraction of sp³-hybridized carbons (Fsp3) is 0.143. The number of carbonyl (C=O) groups excluding carboxylic acids is 2. The maximum absolute atomic E-state index is 12.3. The number of hydrogen-bond acceptors (Lipinski definition) is 3. The van der Waals surface area contributed by atoms with Gasteiger partial charge in [0.25, 0.3) is 0 Å². The van der Waals surface area contributed by atoms with E-state index in [0.717, 1.165) is 0 Å². The molecule has 0 saturated heterocycles. The largest absolute Gasteiger partial charge is 0.467 e. The molecule has 0 spiro atoms. The Labute approximate surface area is 109 Å². The zero-order valence-corrected chi connectivity index (χ0v) is 10.3. The van der Waals surface area contributed by atoms with Crippen LogP contribution in [0.1, 0.15) is 11.3 Å². The molecule has 1 aliphatic rings. The number of amides is 1. The maximum Gasteiger partial charge on any atom is 0.342 e. The summed E-state index contributed by atoms with van der Waals surface area (Å²) < 4.78 is 6.32. The van der Waals surface area contributed by atoms with Crippen molar-refractivity contribution in [3.05, 3.63) is 59.9 Å². The van der Waals surface area contributed by atoms with E-state index in [1.807, 2.05) is 18.2 Å². The van der Waals surface area contributed by atoms with Crippen molar-refractivity contribution in [2.75, 3.05) is 7.11 Å². The van der Waals surface area contributed by atoms with Crippen LogP contribution in [0.3, 0.4) is 0 Å². The third kappa shape index (κ3) is 1.41. The van der Waals surface area contributed by atoms with E-state index in [1.165, 1.54) is 11.7 Å². The molecule has 1 aromatic heterocycles. The topological polar surface area (TPSA) is 60.3 Å². The van der Waals surface area contributed by atoms with Gasteiger partial charge in [-0.3, -0.25) is 4.57 Å². The summed E-state index contributed by atoms with van der Waals surface area (Å²) in [4.78, 5) is 24.3. The van der Waals surface area contributed by atoms with E-state index in [9.17, 15) is 9.59 Å². The molecule has 1 unspecified atom stereocenters. The zero-order valence-electron chi connectivity index (χ0n) is 10.3. The van der Waals surface area contributed by atoms with Gasteiger partial charge in [-0.2, -0.15) is 0 Å². The van der Waals surface area contributed by atoms with Gasteiger partial charge in [-0.1, -0.05) is 30.3 Å². The number of benzene rings is 1. The molecule has 2 heterocycles. The molecule has 1 aromatic carbocycles. The number of fused-ring (bicyclic) bond motifs is 1. The first-order chi connectivity index (χ1) is 9.20. The minimum atomic E-state index is -1.27. The van der Waals surface area contributed by atoms with Gasteiger partial charge in [0.1, 0.15) is 0 Å². The molecule has 1 aliphatic heterocycles. The van der Waals surface area contributed by atoms with Gasteiger partial charge in [0, 0.05) is 6.20 Å². The number of methoxy groups -OCH3 is 1. The summed E-state index contributed by atoms with van der Waals surface area (Å²) in [5, 5.41) is 2.73. The zero-order chi connectivity index (χ0) is 13.5. The molecule has 0 bridgehead atoms. The molecule has 0 aliphatic carbocycles. The van der Waals surface area contributed by atoms with Crippen LogP contribution >= 0.6 is 0 Å². The van der Waals surface area contributed by atoms with Crippen molar-refractivity contribution in [2.24, 2.45) is 0 Å². The Hall–Kier alpha value is -2.56. The second-order valence-electron chi connectivity index (χ2n) is 4.30. The number of carbonyl (C=O) groups is 2. The van der Waals surface area contributed by atoms with Crippen molar-refractivity contribution in [2.45, 2.75) is 5.54 Å². The normalized spacial score (nSPS) is 20.8. The quantitative estimate of drug-likeness (QED) is 0.828. The molecule has 1 amide bonds. The summed E-state index contributed by atoms with van der Waals surface area (Å²) in [5.41, 5.74) is -0.0282. The lowest BCUT2D eigenvalue weighted by molar-refractivity contribution is -0.146. The summed E-state index contributed by atoms with van der Waals surface area (Å²) in [6.45, 7) is 0. The lowest BCUT2D eigenvalue weighted by Gasteiger charge is -2.26. The number of nitrogens with zero attached hydrogens (tertiary/aromatic N) is 1. The van der Waals surface area contributed by atoms with Crippen LogP contribution in [0, 0.1) is 0 Å². The average molecular weight is 256 g/mol. The molecule has 2 aromatic rings. The van der Waals surface area contributed by atoms with Crippen molar-refractivity contribution < 1.29 is 14.3 Å². The van der Waals surface area contributed by atoms with E-state index in [-0.39, 0.29) is 6.03 Å². The molecule has 96 valence electrons. The van der Waals surface area contributed by atoms with Crippen LogP contribution in [0.5, 0.6) is 0 Å². The van der Waals surface area contributed by atoms with Crippen molar-refractivity contribution in [1.82, 2.24) is 9.88 Å². The number of aromatic nitrogens is 1. The molecule has 5 nitrogen and oxygen atoms in total. The monoisotopic (exact) mass is 256 g/mol. The highest BCUT2D eigenvalue weighted by molar-refractivity contribution is 5.97. The smallest absolute Gasteiger partial charge is 0.342 e. The predicted molar refractivity (Wildman–Crippen MR) is 67.6 cm³/mol. The third-order valence-electron chi connectivity index (χ3n) is 3.34. The van der Waals surface area contributed by atoms with Crippen LogP contribution in [-0.4, -0.2) is 23.7 Å². The predicted octanol–water partition coefficient (Wildman–Crippen LogP) is 1.48. The molecule has 1 atom stereocenters. The van der Waals surface area contributed by atoms with Gasteiger partial charge < -0.3 is 10.1 Å². The standard InChI is InChI=1S/C14H12N2O3/c1-19-12(17)14(10-6-3-2-4-7-10)11-8-5-9-16(11)13(18)15-14/h2-9H,1H3,(H,15,18). The summed E-state index contributed by atoms with van der Waals surface area (Å²) in [6, 6.07) is 12.2. The first-order valence-electron chi connectivity index (χ1n) is 5.84. The lowest BCUT2D eigenvalue weighted by Crippen LogP contribution is -2.48. The van der Waals surface area contributed by atoms with Gasteiger partial charge in [0.2, 0.25) is 5.54 Å². The Morgan fingerprint density at radius 1 is 1.21 bits per heavy atom. The molecular weight excluding hydrogens is 244 g/mol. The van der Waals surface area contributed by atoms with Gasteiger partial charge in [0.15, 0.2) is 0 Å². The summed E-state index contributed by atoms with van der Waals surface area (Å²) >= 11 is 0. The summed E-state index contributed by atoms with van der Waals surface area (Å²) in [5.74, 6) is -0.510. The molecule has 0 fully saturated rings. The summed E-state index contributed by atoms with van der Waals surface area (Å²) in [7, 11) is 1.31. The summed E-state index contributed by atoms with van der Waals surface area (Å²) in [6.07, 6.45) is 1.62. The van der Waals surface area contributed by atoms with Gasteiger partial charge in [-0.05, 0) is 17.7 Å². The molecule has 1 N–H and O–H groups in total. The first-order valence-corrected chi connectivity index (χ1v) is 5.84. The highest BCUT2D eigenvalue weighted by atomic mass is 16.5. The molecule has 5 heteroatoms. The van der Waals surface area contributed by atoms with Crippen LogP contribution in [0.15, 0.2) is 48.7 Å². The molecule has 19 heavy (non-hydrogen) atoms. The van der Waals surface area contributed by atoms with Gasteiger partial charge >= 0.3 is 12.0 Å². The van der Waals surface area contributed by atoms with Gasteiger partial charge in [-0.25, -0.2) is 9.59 Å². The molecule has 0 saturated carbocycles. The maximum atomic E-state index is 12.3. The van der Waals surface area contributed by atoms with Crippen LogP contribution in [0.4, 0.5) is 4.79 Å². The molecule has 0 radical (unpaired) electrons.